The molecule has 0 radical (unpaired) electrons. The number of tetrazole rings is 1. The Bertz CT molecular complexity index is 883. The van der Waals surface area contributed by atoms with Crippen LogP contribution in [0.5, 0.6) is 17.5 Å². The SMILES string of the molecule is CCC(C)(C)NCc1ccc(Oc2nnnn2-c2ccccc2)c(OC)c1.[Cl-]. The van der Waals surface area contributed by atoms with E-state index < -0.39 is 0 Å². The number of nitrogens with one attached hydrogen (secondary N) is 1. The van der Waals surface area contributed by atoms with Gasteiger partial charge in [0, 0.05) is 12.1 Å². The van der Waals surface area contributed by atoms with Crippen molar-refractivity contribution in [2.45, 2.75) is 39.3 Å². The van der Waals surface area contributed by atoms with Crippen molar-refractivity contribution < 1.29 is 21.9 Å². The lowest BCUT2D eigenvalue weighted by atomic mass is 10.0. The van der Waals surface area contributed by atoms with Crippen LogP contribution in [0.4, 0.5) is 0 Å². The average Bonchev–Trinajstić information content (AvgIpc) is 3.16. The number of halogens is 1. The molecule has 0 unspecified atom stereocenters. The molecular weight excluding hydrogens is 378 g/mol. The second-order valence-electron chi connectivity index (χ2n) is 6.89. The van der Waals surface area contributed by atoms with E-state index in [9.17, 15) is 0 Å². The van der Waals surface area contributed by atoms with Gasteiger partial charge in [0.25, 0.3) is 0 Å². The molecule has 1 N–H and O–H groups in total. The third kappa shape index (κ3) is 5.21. The van der Waals surface area contributed by atoms with Crippen molar-refractivity contribution >= 4 is 0 Å². The lowest BCUT2D eigenvalue weighted by molar-refractivity contribution is -0.00000707. The van der Waals surface area contributed by atoms with Gasteiger partial charge in [-0.15, -0.1) is 0 Å². The lowest BCUT2D eigenvalue weighted by Crippen LogP contribution is -3.00. The van der Waals surface area contributed by atoms with Crippen molar-refractivity contribution in [3.8, 4) is 23.2 Å². The largest absolute Gasteiger partial charge is 1.00 e. The maximum Gasteiger partial charge on any atom is 0.346 e. The first kappa shape index (κ1) is 21.7. The molecule has 1 heterocycles. The molecule has 2 aromatic carbocycles. The number of hydrogen-bond acceptors (Lipinski definition) is 6. The summed E-state index contributed by atoms with van der Waals surface area (Å²) in [6.45, 7) is 7.29. The quantitative estimate of drug-likeness (QED) is 0.599. The highest BCUT2D eigenvalue weighted by Gasteiger charge is 2.16. The van der Waals surface area contributed by atoms with Crippen molar-refractivity contribution in [3.63, 3.8) is 0 Å². The second kappa shape index (κ2) is 9.52. The first-order valence-electron chi connectivity index (χ1n) is 8.96. The Morgan fingerprint density at radius 2 is 1.82 bits per heavy atom. The van der Waals surface area contributed by atoms with E-state index in [4.69, 9.17) is 9.47 Å². The topological polar surface area (TPSA) is 74.1 Å². The van der Waals surface area contributed by atoms with Crippen molar-refractivity contribution in [2.75, 3.05) is 7.11 Å². The molecule has 150 valence electrons. The van der Waals surface area contributed by atoms with E-state index in [2.05, 4.69) is 41.6 Å². The van der Waals surface area contributed by atoms with Gasteiger partial charge in [0.05, 0.1) is 12.8 Å². The van der Waals surface area contributed by atoms with Crippen LogP contribution in [0.25, 0.3) is 5.69 Å². The fraction of sp³-hybridized carbons (Fsp3) is 0.350. The number of rotatable bonds is 8. The smallest absolute Gasteiger partial charge is 0.346 e. The van der Waals surface area contributed by atoms with Crippen LogP contribution in [0.3, 0.4) is 0 Å². The number of para-hydroxylation sites is 1. The molecule has 0 aliphatic carbocycles. The van der Waals surface area contributed by atoms with E-state index in [1.54, 1.807) is 11.8 Å². The molecule has 0 fully saturated rings. The van der Waals surface area contributed by atoms with Crippen LogP contribution < -0.4 is 27.2 Å². The van der Waals surface area contributed by atoms with E-state index in [0.717, 1.165) is 24.2 Å². The second-order valence-corrected chi connectivity index (χ2v) is 6.89. The molecule has 0 aliphatic heterocycles. The van der Waals surface area contributed by atoms with Gasteiger partial charge in [-0.1, -0.05) is 36.3 Å². The molecule has 7 nitrogen and oxygen atoms in total. The predicted octanol–water partition coefficient (Wildman–Crippen LogP) is 0.745. The van der Waals surface area contributed by atoms with E-state index in [1.807, 2.05) is 48.5 Å². The van der Waals surface area contributed by atoms with Crippen molar-refractivity contribution in [1.82, 2.24) is 25.5 Å². The summed E-state index contributed by atoms with van der Waals surface area (Å²) in [5.41, 5.74) is 2.02. The summed E-state index contributed by atoms with van der Waals surface area (Å²) in [6, 6.07) is 15.7. The van der Waals surface area contributed by atoms with E-state index in [-0.39, 0.29) is 24.0 Å². The third-order valence-electron chi connectivity index (χ3n) is 4.53. The van der Waals surface area contributed by atoms with Gasteiger partial charge in [-0.05, 0) is 60.5 Å². The summed E-state index contributed by atoms with van der Waals surface area (Å²) in [5, 5.41) is 15.2. The Labute approximate surface area is 171 Å². The van der Waals surface area contributed by atoms with Gasteiger partial charge in [-0.25, -0.2) is 0 Å². The van der Waals surface area contributed by atoms with E-state index >= 15 is 0 Å². The highest BCUT2D eigenvalue weighted by Crippen LogP contribution is 2.32. The fourth-order valence-electron chi connectivity index (χ4n) is 2.44. The fourth-order valence-corrected chi connectivity index (χ4v) is 2.44. The zero-order chi connectivity index (χ0) is 19.3. The van der Waals surface area contributed by atoms with Gasteiger partial charge in [-0.2, -0.15) is 4.68 Å². The summed E-state index contributed by atoms with van der Waals surface area (Å²) < 4.78 is 13.0. The van der Waals surface area contributed by atoms with Crippen LogP contribution in [-0.4, -0.2) is 32.9 Å². The van der Waals surface area contributed by atoms with Gasteiger partial charge in [0.1, 0.15) is 0 Å². The summed E-state index contributed by atoms with van der Waals surface area (Å²) in [5.74, 6) is 1.19. The Hall–Kier alpha value is -2.64. The molecule has 0 bridgehead atoms. The minimum absolute atomic E-state index is 0. The molecule has 0 aliphatic rings. The van der Waals surface area contributed by atoms with E-state index in [0.29, 0.717) is 11.5 Å². The summed E-state index contributed by atoms with van der Waals surface area (Å²) >= 11 is 0. The number of hydrogen-bond donors (Lipinski definition) is 1. The molecule has 0 atom stereocenters. The first-order valence-corrected chi connectivity index (χ1v) is 8.96. The number of ether oxygens (including phenoxy) is 2. The van der Waals surface area contributed by atoms with Crippen LogP contribution in [0.1, 0.15) is 32.8 Å². The molecule has 1 aromatic heterocycles. The number of aromatic nitrogens is 4. The van der Waals surface area contributed by atoms with Gasteiger partial charge < -0.3 is 27.2 Å². The maximum atomic E-state index is 5.93. The summed E-state index contributed by atoms with van der Waals surface area (Å²) in [6.07, 6.45) is 1.05. The number of methoxy groups -OCH3 is 1. The molecule has 8 heteroatoms. The van der Waals surface area contributed by atoms with Gasteiger partial charge in [0.2, 0.25) is 0 Å². The van der Waals surface area contributed by atoms with E-state index in [1.165, 1.54) is 0 Å². The summed E-state index contributed by atoms with van der Waals surface area (Å²) in [4.78, 5) is 0. The van der Waals surface area contributed by atoms with Crippen molar-refractivity contribution in [2.24, 2.45) is 0 Å². The summed E-state index contributed by atoms with van der Waals surface area (Å²) in [7, 11) is 1.62. The monoisotopic (exact) mass is 402 g/mol. The normalized spacial score (nSPS) is 11.0. The molecule has 0 amide bonds. The predicted molar refractivity (Wildman–Crippen MR) is 103 cm³/mol. The molecule has 3 rings (SSSR count). The minimum Gasteiger partial charge on any atom is -1.00 e. The van der Waals surface area contributed by atoms with Crippen molar-refractivity contribution in [3.05, 3.63) is 54.1 Å². The highest BCUT2D eigenvalue weighted by atomic mass is 35.5. The molecule has 28 heavy (non-hydrogen) atoms. The first-order chi connectivity index (χ1) is 13.0. The Morgan fingerprint density at radius 1 is 1.07 bits per heavy atom. The zero-order valence-electron chi connectivity index (χ0n) is 16.5. The highest BCUT2D eigenvalue weighted by molar-refractivity contribution is 5.44. The van der Waals surface area contributed by atoms with Crippen LogP contribution >= 0.6 is 0 Å². The molecule has 0 saturated heterocycles. The average molecular weight is 403 g/mol. The Balaban J connectivity index is 0.00000280. The maximum absolute atomic E-state index is 5.93. The molecule has 0 saturated carbocycles. The zero-order valence-corrected chi connectivity index (χ0v) is 17.3. The van der Waals surface area contributed by atoms with Gasteiger partial charge in [-0.3, -0.25) is 0 Å². The lowest BCUT2D eigenvalue weighted by Gasteiger charge is -2.24. The van der Waals surface area contributed by atoms with Gasteiger partial charge >= 0.3 is 6.01 Å². The number of nitrogens with zero attached hydrogens (tertiary/aromatic N) is 4. The Kier molecular flexibility index (Phi) is 7.37. The standard InChI is InChI=1S/C20H25N5O2.ClH/c1-5-20(2,3)21-14-15-11-12-17(18(13-15)26-4)27-19-22-23-24-25(19)16-9-7-6-8-10-16;/h6-13,21H,5,14H2,1-4H3;1H/p-1. The van der Waals surface area contributed by atoms with Crippen LogP contribution in [0, 0.1) is 0 Å². The van der Waals surface area contributed by atoms with Crippen LogP contribution in [0.15, 0.2) is 48.5 Å². The number of benzene rings is 2. The van der Waals surface area contributed by atoms with Gasteiger partial charge in [0.15, 0.2) is 11.5 Å². The Morgan fingerprint density at radius 3 is 2.50 bits per heavy atom. The van der Waals surface area contributed by atoms with Crippen LogP contribution in [0.2, 0.25) is 0 Å². The van der Waals surface area contributed by atoms with Crippen LogP contribution in [-0.2, 0) is 6.54 Å². The van der Waals surface area contributed by atoms with Crippen molar-refractivity contribution in [1.29, 1.82) is 0 Å². The minimum atomic E-state index is 0. The molecule has 0 spiro atoms. The molecular formula is C20H25ClN5O2-. The third-order valence-corrected chi connectivity index (χ3v) is 4.53. The molecule has 3 aromatic rings.